The fourth-order valence-corrected chi connectivity index (χ4v) is 1.40. The number of carbonyl (C=O) groups is 2. The van der Waals surface area contributed by atoms with Crippen molar-refractivity contribution in [3.8, 4) is 0 Å². The summed E-state index contributed by atoms with van der Waals surface area (Å²) in [5.74, 6) is -1.61. The van der Waals surface area contributed by atoms with E-state index in [4.69, 9.17) is 34.8 Å². The second-order valence-electron chi connectivity index (χ2n) is 4.00. The Morgan fingerprint density at radius 3 is 1.95 bits per heavy atom. The van der Waals surface area contributed by atoms with Crippen molar-refractivity contribution < 1.29 is 28.7 Å². The molecule has 0 aromatic carbocycles. The van der Waals surface area contributed by atoms with E-state index in [0.29, 0.717) is 0 Å². The third-order valence-electron chi connectivity index (χ3n) is 2.30. The van der Waals surface area contributed by atoms with Gasteiger partial charge in [0.05, 0.1) is 25.2 Å². The van der Waals surface area contributed by atoms with Crippen molar-refractivity contribution in [3.05, 3.63) is 29.6 Å². The van der Waals surface area contributed by atoms with Gasteiger partial charge in [0.15, 0.2) is 0 Å². The van der Waals surface area contributed by atoms with Gasteiger partial charge >= 0.3 is 11.9 Å². The zero-order valence-electron chi connectivity index (χ0n) is 10.9. The number of ether oxygens (including phenoxy) is 2. The lowest BCUT2D eigenvalue weighted by Gasteiger charge is -2.17. The molecule has 0 saturated heterocycles. The zero-order chi connectivity index (χ0) is 15.2. The largest absolute Gasteiger partial charge is 0.466 e. The fraction of sp³-hybridized carbons (Fsp3) is 0.364. The van der Waals surface area contributed by atoms with Gasteiger partial charge in [-0.1, -0.05) is 11.7 Å². The molecule has 10 heteroatoms. The van der Waals surface area contributed by atoms with Gasteiger partial charge in [0.1, 0.15) is 27.1 Å². The van der Waals surface area contributed by atoms with Crippen LogP contribution in [0.1, 0.15) is 21.0 Å². The first kappa shape index (κ1) is 15.5. The van der Waals surface area contributed by atoms with Crippen LogP contribution in [0.2, 0.25) is 0 Å². The molecule has 1 aliphatic heterocycles. The number of nitrogens with one attached hydrogen (secondary N) is 1. The van der Waals surface area contributed by atoms with Gasteiger partial charge in [0.25, 0.3) is 0 Å². The highest BCUT2D eigenvalue weighted by molar-refractivity contribution is 6.12. The van der Waals surface area contributed by atoms with E-state index in [1.165, 1.54) is 18.2 Å². The van der Waals surface area contributed by atoms with Crippen LogP contribution in [0.5, 0.6) is 0 Å². The Morgan fingerprint density at radius 1 is 1.00 bits per heavy atom. The molecule has 1 aliphatic rings. The Kier molecular flexibility index (Phi) is 5.31. The quantitative estimate of drug-likeness (QED) is 0.472. The van der Waals surface area contributed by atoms with E-state index < -0.39 is 23.9 Å². The molecular formula is C11H10B2N2O6. The van der Waals surface area contributed by atoms with Crippen molar-refractivity contribution >= 4 is 27.6 Å². The second-order valence-corrected chi connectivity index (χ2v) is 4.00. The lowest BCUT2D eigenvalue weighted by atomic mass is 10.0. The third kappa shape index (κ3) is 4.55. The topological polar surface area (TPSA) is 96.0 Å². The second kappa shape index (κ2) is 7.21. The van der Waals surface area contributed by atoms with E-state index in [0.717, 1.165) is 0 Å². The average Bonchev–Trinajstić information content (AvgIpc) is 2.46. The Balaban J connectivity index is 2.20. The molecule has 8 nitrogen and oxygen atoms in total. The number of fused-ring (bicyclic) bond motifs is 2. The standard InChI is InChI=1S/C11H10B2N2O6/c12-8-4-18-15-19-5-9(13)21-11(17)7-3-1-2-6(14-7)10(16)20-8/h1-3,8-9,15H,4-5H2/t8-,9-/m0/s1. The lowest BCUT2D eigenvalue weighted by molar-refractivity contribution is -0.185. The number of hydrogen-bond donors (Lipinski definition) is 1. The predicted octanol–water partition coefficient (Wildman–Crippen LogP) is -1.15. The van der Waals surface area contributed by atoms with E-state index in [9.17, 15) is 9.59 Å². The molecule has 1 aromatic heterocycles. The van der Waals surface area contributed by atoms with Crippen LogP contribution in [0.25, 0.3) is 0 Å². The molecule has 2 rings (SSSR count). The van der Waals surface area contributed by atoms with Crippen molar-refractivity contribution in [1.29, 1.82) is 0 Å². The van der Waals surface area contributed by atoms with Gasteiger partial charge in [0, 0.05) is 0 Å². The fourth-order valence-electron chi connectivity index (χ4n) is 1.40. The van der Waals surface area contributed by atoms with E-state index in [1.54, 1.807) is 0 Å². The van der Waals surface area contributed by atoms with E-state index in [2.05, 4.69) is 10.6 Å². The molecule has 21 heavy (non-hydrogen) atoms. The number of pyridine rings is 1. The third-order valence-corrected chi connectivity index (χ3v) is 2.30. The first-order chi connectivity index (χ1) is 10.1. The molecular weight excluding hydrogens is 278 g/mol. The summed E-state index contributed by atoms with van der Waals surface area (Å²) < 4.78 is 9.74. The SMILES string of the molecule is [B][C@@H]1CONOC[C@@H]([B])OC(=O)c2cccc(n2)C(=O)O1. The molecule has 2 heterocycles. The van der Waals surface area contributed by atoms with Crippen LogP contribution in [0.4, 0.5) is 0 Å². The Morgan fingerprint density at radius 2 is 1.48 bits per heavy atom. The summed E-state index contributed by atoms with van der Waals surface area (Å²) >= 11 is 0. The maximum Gasteiger partial charge on any atom is 0.356 e. The Labute approximate surface area is 122 Å². The van der Waals surface area contributed by atoms with Crippen molar-refractivity contribution in [2.75, 3.05) is 13.2 Å². The minimum Gasteiger partial charge on any atom is -0.466 e. The van der Waals surface area contributed by atoms with E-state index >= 15 is 0 Å². The van der Waals surface area contributed by atoms with Crippen LogP contribution in [0, 0.1) is 0 Å². The van der Waals surface area contributed by atoms with Crippen LogP contribution >= 0.6 is 0 Å². The highest BCUT2D eigenvalue weighted by Gasteiger charge is 2.19. The maximum atomic E-state index is 11.8. The number of rotatable bonds is 0. The summed E-state index contributed by atoms with van der Waals surface area (Å²) in [5, 5.41) is 0. The molecule has 1 aromatic rings. The van der Waals surface area contributed by atoms with Crippen LogP contribution < -0.4 is 5.64 Å². The number of nitrogens with zero attached hydrogens (tertiary/aromatic N) is 1. The smallest absolute Gasteiger partial charge is 0.356 e. The van der Waals surface area contributed by atoms with Gasteiger partial charge in [-0.3, -0.25) is 9.68 Å². The van der Waals surface area contributed by atoms with Gasteiger partial charge in [-0.2, -0.15) is 0 Å². The summed E-state index contributed by atoms with van der Waals surface area (Å²) in [4.78, 5) is 37.0. The van der Waals surface area contributed by atoms with Crippen LogP contribution in [-0.4, -0.2) is 57.8 Å². The minimum atomic E-state index is -1.04. The normalized spacial score (nSPS) is 24.6. The molecule has 0 unspecified atom stereocenters. The van der Waals surface area contributed by atoms with E-state index in [1.807, 2.05) is 0 Å². The molecule has 0 saturated carbocycles. The molecule has 106 valence electrons. The van der Waals surface area contributed by atoms with Gasteiger partial charge < -0.3 is 9.47 Å². The number of esters is 2. The minimum absolute atomic E-state index is 0.0882. The van der Waals surface area contributed by atoms with Gasteiger partial charge in [-0.15, -0.1) is 0 Å². The van der Waals surface area contributed by atoms with Crippen molar-refractivity contribution in [3.63, 3.8) is 0 Å². The van der Waals surface area contributed by atoms with Gasteiger partial charge in [-0.05, 0) is 12.1 Å². The number of cyclic esters (lactones) is 2. The van der Waals surface area contributed by atoms with Crippen molar-refractivity contribution in [2.24, 2.45) is 0 Å². The van der Waals surface area contributed by atoms with Gasteiger partial charge in [-0.25, -0.2) is 14.6 Å². The van der Waals surface area contributed by atoms with E-state index in [-0.39, 0.29) is 24.6 Å². The summed E-state index contributed by atoms with van der Waals surface area (Å²) in [6, 6.07) is 2.13. The van der Waals surface area contributed by atoms with Crippen molar-refractivity contribution in [1.82, 2.24) is 10.6 Å². The molecule has 1 N–H and O–H groups in total. The number of carbonyl (C=O) groups excluding carboxylic acids is 2. The van der Waals surface area contributed by atoms with Crippen LogP contribution in [-0.2, 0) is 19.1 Å². The van der Waals surface area contributed by atoms with Crippen LogP contribution in [0.15, 0.2) is 18.2 Å². The number of hydrogen-bond acceptors (Lipinski definition) is 8. The average molecular weight is 288 g/mol. The summed E-state index contributed by atoms with van der Waals surface area (Å²) in [7, 11) is 11.1. The summed E-state index contributed by atoms with van der Waals surface area (Å²) in [6.07, 6.45) is 0. The highest BCUT2D eigenvalue weighted by atomic mass is 16.9. The summed E-state index contributed by atoms with van der Waals surface area (Å²) in [5.41, 5.74) is 1.90. The molecule has 0 fully saturated rings. The Bertz CT molecular complexity index is 488. The molecule has 4 radical (unpaired) electrons. The predicted molar refractivity (Wildman–Crippen MR) is 69.2 cm³/mol. The highest BCUT2D eigenvalue weighted by Crippen LogP contribution is 2.06. The molecule has 0 spiro atoms. The zero-order valence-corrected chi connectivity index (χ0v) is 10.9. The van der Waals surface area contributed by atoms with Crippen molar-refractivity contribution in [2.45, 2.75) is 12.0 Å². The molecule has 0 aliphatic carbocycles. The number of aromatic nitrogens is 1. The Hall–Kier alpha value is -1.90. The van der Waals surface area contributed by atoms with Crippen LogP contribution in [0.3, 0.4) is 0 Å². The maximum absolute atomic E-state index is 11.8. The summed E-state index contributed by atoms with van der Waals surface area (Å²) in [6.45, 7) is -0.332. The molecule has 0 amide bonds. The molecule has 2 atom stereocenters. The first-order valence-corrected chi connectivity index (χ1v) is 5.95. The lowest BCUT2D eigenvalue weighted by Crippen LogP contribution is -2.32. The first-order valence-electron chi connectivity index (χ1n) is 5.95. The molecule has 2 bridgehead atoms. The van der Waals surface area contributed by atoms with Gasteiger partial charge in [0.2, 0.25) is 0 Å². The monoisotopic (exact) mass is 288 g/mol.